The van der Waals surface area contributed by atoms with E-state index in [2.05, 4.69) is 49.0 Å². The van der Waals surface area contributed by atoms with Crippen LogP contribution in [0.2, 0.25) is 0 Å². The zero-order valence-electron chi connectivity index (χ0n) is 12.1. The lowest BCUT2D eigenvalue weighted by Crippen LogP contribution is -2.37. The molecule has 3 rings (SSSR count). The van der Waals surface area contributed by atoms with Crippen LogP contribution in [0.4, 0.5) is 0 Å². The smallest absolute Gasteiger partial charge is 0.123 e. The topological polar surface area (TPSA) is 29.9 Å². The molecule has 19 heavy (non-hydrogen) atoms. The average Bonchev–Trinajstić information content (AvgIpc) is 2.88. The van der Waals surface area contributed by atoms with Gasteiger partial charge in [-0.15, -0.1) is 0 Å². The molecule has 3 nitrogen and oxygen atoms in total. The van der Waals surface area contributed by atoms with Crippen LogP contribution >= 0.6 is 0 Å². The Morgan fingerprint density at radius 3 is 2.84 bits per heavy atom. The van der Waals surface area contributed by atoms with Gasteiger partial charge in [0.2, 0.25) is 0 Å². The van der Waals surface area contributed by atoms with Crippen molar-refractivity contribution >= 4 is 11.0 Å². The van der Waals surface area contributed by atoms with Crippen molar-refractivity contribution in [1.29, 1.82) is 0 Å². The first-order valence-corrected chi connectivity index (χ1v) is 7.22. The monoisotopic (exact) mass is 257 g/mol. The first-order valence-electron chi connectivity index (χ1n) is 7.22. The highest BCUT2D eigenvalue weighted by atomic mass is 15.1. The fourth-order valence-corrected chi connectivity index (χ4v) is 3.27. The Labute approximate surface area is 115 Å². The Balaban J connectivity index is 1.77. The van der Waals surface area contributed by atoms with Crippen molar-refractivity contribution in [1.82, 2.24) is 14.9 Å². The average molecular weight is 257 g/mol. The normalized spacial score (nSPS) is 22.2. The molecule has 0 amide bonds. The van der Waals surface area contributed by atoms with Crippen LogP contribution in [0.3, 0.4) is 0 Å². The van der Waals surface area contributed by atoms with E-state index in [-0.39, 0.29) is 0 Å². The van der Waals surface area contributed by atoms with Gasteiger partial charge >= 0.3 is 0 Å². The molecule has 1 fully saturated rings. The number of aromatic nitrogens is 2. The molecule has 1 heterocycles. The molecule has 1 atom stereocenters. The summed E-state index contributed by atoms with van der Waals surface area (Å²) >= 11 is 0. The summed E-state index contributed by atoms with van der Waals surface area (Å²) in [5, 5.41) is 3.71. The largest absolute Gasteiger partial charge is 0.330 e. The van der Waals surface area contributed by atoms with Crippen molar-refractivity contribution in [2.45, 2.75) is 45.7 Å². The maximum Gasteiger partial charge on any atom is 0.123 e. The van der Waals surface area contributed by atoms with E-state index in [0.717, 1.165) is 17.9 Å². The second-order valence-corrected chi connectivity index (χ2v) is 6.39. The van der Waals surface area contributed by atoms with Gasteiger partial charge in [-0.1, -0.05) is 32.4 Å². The quantitative estimate of drug-likeness (QED) is 0.914. The summed E-state index contributed by atoms with van der Waals surface area (Å²) in [5.74, 6) is 1.13. The third-order valence-electron chi connectivity index (χ3n) is 4.64. The zero-order valence-corrected chi connectivity index (χ0v) is 12.1. The first-order chi connectivity index (χ1) is 9.08. The molecule has 0 aliphatic heterocycles. The van der Waals surface area contributed by atoms with Crippen LogP contribution in [0.15, 0.2) is 24.3 Å². The van der Waals surface area contributed by atoms with Crippen LogP contribution in [0.5, 0.6) is 0 Å². The molecule has 0 saturated heterocycles. The summed E-state index contributed by atoms with van der Waals surface area (Å²) in [5.41, 5.74) is 2.72. The van der Waals surface area contributed by atoms with Crippen LogP contribution in [-0.2, 0) is 13.6 Å². The molecule has 1 aliphatic carbocycles. The standard InChI is InChI=1S/C16H23N3/c1-16(2)10-6-9-14(16)17-11-15-18-12-7-4-5-8-13(12)19(15)3/h4-5,7-8,14,17H,6,9-11H2,1-3H3. The lowest BCUT2D eigenvalue weighted by Gasteiger charge is -2.27. The summed E-state index contributed by atoms with van der Waals surface area (Å²) in [6, 6.07) is 8.95. The van der Waals surface area contributed by atoms with E-state index in [1.807, 2.05) is 6.07 Å². The van der Waals surface area contributed by atoms with Crippen molar-refractivity contribution in [3.05, 3.63) is 30.1 Å². The summed E-state index contributed by atoms with van der Waals surface area (Å²) < 4.78 is 2.20. The molecule has 0 bridgehead atoms. The van der Waals surface area contributed by atoms with Crippen LogP contribution in [0, 0.1) is 5.41 Å². The van der Waals surface area contributed by atoms with Gasteiger partial charge in [-0.3, -0.25) is 0 Å². The van der Waals surface area contributed by atoms with E-state index in [4.69, 9.17) is 4.98 Å². The highest BCUT2D eigenvalue weighted by molar-refractivity contribution is 5.75. The number of nitrogens with one attached hydrogen (secondary N) is 1. The van der Waals surface area contributed by atoms with Crippen LogP contribution in [0.1, 0.15) is 38.9 Å². The number of nitrogens with zero attached hydrogens (tertiary/aromatic N) is 2. The van der Waals surface area contributed by atoms with E-state index in [1.54, 1.807) is 0 Å². The number of imidazole rings is 1. The Bertz CT molecular complexity index is 583. The van der Waals surface area contributed by atoms with E-state index < -0.39 is 0 Å². The SMILES string of the molecule is Cn1c(CNC2CCCC2(C)C)nc2ccccc21. The number of para-hydroxylation sites is 2. The molecule has 1 unspecified atom stereocenters. The van der Waals surface area contributed by atoms with Gasteiger partial charge in [0.15, 0.2) is 0 Å². The summed E-state index contributed by atoms with van der Waals surface area (Å²) in [6.45, 7) is 5.60. The second kappa shape index (κ2) is 4.64. The number of fused-ring (bicyclic) bond motifs is 1. The number of aryl methyl sites for hydroxylation is 1. The van der Waals surface area contributed by atoms with Crippen molar-refractivity contribution in [2.75, 3.05) is 0 Å². The molecule has 1 aromatic heterocycles. The Hall–Kier alpha value is -1.35. The summed E-state index contributed by atoms with van der Waals surface area (Å²) in [7, 11) is 2.10. The van der Waals surface area contributed by atoms with E-state index >= 15 is 0 Å². The third kappa shape index (κ3) is 2.27. The second-order valence-electron chi connectivity index (χ2n) is 6.39. The molecule has 1 aliphatic rings. The molecule has 102 valence electrons. The van der Waals surface area contributed by atoms with Crippen molar-refractivity contribution in [2.24, 2.45) is 12.5 Å². The minimum Gasteiger partial charge on any atom is -0.330 e. The summed E-state index contributed by atoms with van der Waals surface area (Å²) in [6.07, 6.45) is 3.96. The van der Waals surface area contributed by atoms with Gasteiger partial charge in [-0.2, -0.15) is 0 Å². The number of hydrogen-bond donors (Lipinski definition) is 1. The molecular weight excluding hydrogens is 234 g/mol. The minimum absolute atomic E-state index is 0.421. The molecular formula is C16H23N3. The Morgan fingerprint density at radius 1 is 1.37 bits per heavy atom. The van der Waals surface area contributed by atoms with Crippen molar-refractivity contribution in [3.63, 3.8) is 0 Å². The maximum atomic E-state index is 4.72. The van der Waals surface area contributed by atoms with Crippen LogP contribution in [0.25, 0.3) is 11.0 Å². The number of benzene rings is 1. The lowest BCUT2D eigenvalue weighted by atomic mass is 9.87. The molecule has 3 heteroatoms. The predicted molar refractivity (Wildman–Crippen MR) is 79.0 cm³/mol. The minimum atomic E-state index is 0.421. The number of hydrogen-bond acceptors (Lipinski definition) is 2. The summed E-state index contributed by atoms with van der Waals surface area (Å²) in [4.78, 5) is 4.72. The molecule has 1 saturated carbocycles. The zero-order chi connectivity index (χ0) is 13.5. The van der Waals surface area contributed by atoms with Gasteiger partial charge in [0.25, 0.3) is 0 Å². The van der Waals surface area contributed by atoms with Crippen molar-refractivity contribution < 1.29 is 0 Å². The van der Waals surface area contributed by atoms with Gasteiger partial charge < -0.3 is 9.88 Å². The van der Waals surface area contributed by atoms with Crippen LogP contribution in [-0.4, -0.2) is 15.6 Å². The predicted octanol–water partition coefficient (Wildman–Crippen LogP) is 3.24. The molecule has 0 radical (unpaired) electrons. The molecule has 1 N–H and O–H groups in total. The van der Waals surface area contributed by atoms with E-state index in [0.29, 0.717) is 11.5 Å². The van der Waals surface area contributed by atoms with E-state index in [1.165, 1.54) is 24.8 Å². The highest BCUT2D eigenvalue weighted by Crippen LogP contribution is 2.37. The van der Waals surface area contributed by atoms with Crippen molar-refractivity contribution in [3.8, 4) is 0 Å². The lowest BCUT2D eigenvalue weighted by molar-refractivity contribution is 0.280. The first kappa shape index (κ1) is 12.7. The fraction of sp³-hybridized carbons (Fsp3) is 0.562. The Morgan fingerprint density at radius 2 is 2.16 bits per heavy atom. The van der Waals surface area contributed by atoms with Gasteiger partial charge in [0.1, 0.15) is 5.82 Å². The molecule has 1 aromatic carbocycles. The highest BCUT2D eigenvalue weighted by Gasteiger charge is 2.34. The maximum absolute atomic E-state index is 4.72. The third-order valence-corrected chi connectivity index (χ3v) is 4.64. The van der Waals surface area contributed by atoms with Crippen LogP contribution < -0.4 is 5.32 Å². The Kier molecular flexibility index (Phi) is 3.09. The van der Waals surface area contributed by atoms with Gasteiger partial charge in [-0.25, -0.2) is 4.98 Å². The van der Waals surface area contributed by atoms with E-state index in [9.17, 15) is 0 Å². The molecule has 0 spiro atoms. The fourth-order valence-electron chi connectivity index (χ4n) is 3.27. The van der Waals surface area contributed by atoms with Gasteiger partial charge in [0.05, 0.1) is 17.6 Å². The van der Waals surface area contributed by atoms with Gasteiger partial charge in [-0.05, 0) is 30.4 Å². The molecule has 2 aromatic rings. The number of rotatable bonds is 3. The van der Waals surface area contributed by atoms with Gasteiger partial charge in [0, 0.05) is 13.1 Å².